The summed E-state index contributed by atoms with van der Waals surface area (Å²) in [6.07, 6.45) is 0. The molecule has 1 N–H and O–H groups in total. The molecule has 2 aromatic carbocycles. The van der Waals surface area contributed by atoms with Gasteiger partial charge in [-0.3, -0.25) is 4.79 Å². The van der Waals surface area contributed by atoms with Crippen LogP contribution in [0.3, 0.4) is 0 Å². The number of nitrogens with one attached hydrogen (secondary N) is 1. The van der Waals surface area contributed by atoms with E-state index in [-0.39, 0.29) is 21.9 Å². The first-order valence-corrected chi connectivity index (χ1v) is 7.24. The van der Waals surface area contributed by atoms with Crippen molar-refractivity contribution in [3.05, 3.63) is 69.3 Å². The fourth-order valence-electron chi connectivity index (χ4n) is 2.24. The van der Waals surface area contributed by atoms with E-state index >= 15 is 0 Å². The molecule has 0 spiro atoms. The average Bonchev–Trinajstić information content (AvgIpc) is 2.55. The molecule has 7 heteroatoms. The Balaban J connectivity index is 2.04. The van der Waals surface area contributed by atoms with E-state index in [1.54, 1.807) is 12.1 Å². The van der Waals surface area contributed by atoms with Gasteiger partial charge in [0, 0.05) is 22.5 Å². The van der Waals surface area contributed by atoms with Gasteiger partial charge in [0.1, 0.15) is 17.1 Å². The Bertz CT molecular complexity index is 1000. The predicted octanol–water partition coefficient (Wildman–Crippen LogP) is 3.85. The molecule has 3 rings (SSSR count). The van der Waals surface area contributed by atoms with E-state index in [9.17, 15) is 14.0 Å². The van der Waals surface area contributed by atoms with Gasteiger partial charge in [0.15, 0.2) is 0 Å². The second kappa shape index (κ2) is 6.33. The molecule has 0 atom stereocenters. The van der Waals surface area contributed by atoms with Gasteiger partial charge in [-0.25, -0.2) is 9.18 Å². The highest BCUT2D eigenvalue weighted by molar-refractivity contribution is 6.30. The van der Waals surface area contributed by atoms with Crippen LogP contribution >= 0.6 is 11.6 Å². The fraction of sp³-hybridized carbons (Fsp3) is 0.0588. The smallest absolute Gasteiger partial charge is 0.337 e. The molecule has 1 amide bonds. The second-order valence-electron chi connectivity index (χ2n) is 4.92. The molecular formula is C17H11ClFNO4. The van der Waals surface area contributed by atoms with Crippen LogP contribution in [0.2, 0.25) is 5.02 Å². The molecule has 1 aromatic heterocycles. The van der Waals surface area contributed by atoms with E-state index in [4.69, 9.17) is 20.8 Å². The number of methoxy groups -OCH3 is 1. The van der Waals surface area contributed by atoms with Crippen LogP contribution in [-0.2, 0) is 0 Å². The summed E-state index contributed by atoms with van der Waals surface area (Å²) in [7, 11) is 1.47. The number of halogens is 2. The molecule has 0 bridgehead atoms. The van der Waals surface area contributed by atoms with Crippen LogP contribution in [0.25, 0.3) is 11.0 Å². The van der Waals surface area contributed by atoms with E-state index in [1.807, 2.05) is 0 Å². The molecule has 0 fully saturated rings. The van der Waals surface area contributed by atoms with Crippen LogP contribution in [0.4, 0.5) is 10.1 Å². The van der Waals surface area contributed by atoms with Crippen molar-refractivity contribution >= 4 is 34.2 Å². The minimum atomic E-state index is -0.697. The molecular weight excluding hydrogens is 337 g/mol. The van der Waals surface area contributed by atoms with E-state index in [0.717, 1.165) is 12.1 Å². The monoisotopic (exact) mass is 347 g/mol. The Hall–Kier alpha value is -2.86. The van der Waals surface area contributed by atoms with Crippen molar-refractivity contribution < 1.29 is 18.3 Å². The van der Waals surface area contributed by atoms with Crippen LogP contribution in [0, 0.1) is 5.82 Å². The van der Waals surface area contributed by atoms with Crippen LogP contribution in [0.15, 0.2) is 51.7 Å². The van der Waals surface area contributed by atoms with Crippen molar-refractivity contribution in [1.29, 1.82) is 0 Å². The van der Waals surface area contributed by atoms with Crippen molar-refractivity contribution in [3.63, 3.8) is 0 Å². The lowest BCUT2D eigenvalue weighted by Crippen LogP contribution is -2.16. The van der Waals surface area contributed by atoms with E-state index in [2.05, 4.69) is 5.32 Å². The summed E-state index contributed by atoms with van der Waals surface area (Å²) in [4.78, 5) is 24.1. The number of carbonyl (C=O) groups is 1. The number of hydrogen-bond acceptors (Lipinski definition) is 4. The topological polar surface area (TPSA) is 68.5 Å². The van der Waals surface area contributed by atoms with Gasteiger partial charge in [-0.05, 0) is 30.3 Å². The molecule has 0 aliphatic carbocycles. The Labute approximate surface area is 140 Å². The number of anilines is 1. The molecule has 0 saturated heterocycles. The maximum absolute atomic E-state index is 13.8. The number of benzene rings is 2. The van der Waals surface area contributed by atoms with Gasteiger partial charge >= 0.3 is 5.63 Å². The first kappa shape index (κ1) is 16.0. The molecule has 122 valence electrons. The van der Waals surface area contributed by atoms with E-state index in [0.29, 0.717) is 11.1 Å². The maximum Gasteiger partial charge on any atom is 0.337 e. The largest absolute Gasteiger partial charge is 0.497 e. The van der Waals surface area contributed by atoms with Crippen molar-refractivity contribution in [3.8, 4) is 5.75 Å². The van der Waals surface area contributed by atoms with E-state index in [1.165, 1.54) is 25.3 Å². The number of fused-ring (bicyclic) bond motifs is 1. The lowest BCUT2D eigenvalue weighted by Gasteiger charge is -2.09. The molecule has 0 aliphatic heterocycles. The molecule has 0 saturated carbocycles. The molecule has 1 heterocycles. The third-order valence-electron chi connectivity index (χ3n) is 3.38. The molecule has 5 nitrogen and oxygen atoms in total. The van der Waals surface area contributed by atoms with Gasteiger partial charge in [0.05, 0.1) is 18.4 Å². The lowest BCUT2D eigenvalue weighted by atomic mass is 10.1. The second-order valence-corrected chi connectivity index (χ2v) is 5.36. The maximum atomic E-state index is 13.8. The SMILES string of the molecule is COc1ccc2c(C(=O)Nc3ccc(Cl)cc3F)cc(=O)oc2c1. The predicted molar refractivity (Wildman–Crippen MR) is 88.4 cm³/mol. The Morgan fingerprint density at radius 1 is 1.21 bits per heavy atom. The first-order chi connectivity index (χ1) is 11.5. The molecule has 0 radical (unpaired) electrons. The summed E-state index contributed by atoms with van der Waals surface area (Å²) in [5.74, 6) is -0.837. The zero-order valence-corrected chi connectivity index (χ0v) is 13.2. The van der Waals surface area contributed by atoms with Gasteiger partial charge < -0.3 is 14.5 Å². The minimum Gasteiger partial charge on any atom is -0.497 e. The Morgan fingerprint density at radius 3 is 2.71 bits per heavy atom. The van der Waals surface area contributed by atoms with Gasteiger partial charge in [0.2, 0.25) is 0 Å². The molecule has 0 unspecified atom stereocenters. The van der Waals surface area contributed by atoms with Crippen LogP contribution < -0.4 is 15.7 Å². The van der Waals surface area contributed by atoms with Crippen molar-refractivity contribution in [1.82, 2.24) is 0 Å². The van der Waals surface area contributed by atoms with E-state index < -0.39 is 17.3 Å². The zero-order chi connectivity index (χ0) is 17.3. The quantitative estimate of drug-likeness (QED) is 0.731. The van der Waals surface area contributed by atoms with Crippen LogP contribution in [-0.4, -0.2) is 13.0 Å². The van der Waals surface area contributed by atoms with Crippen LogP contribution in [0.1, 0.15) is 10.4 Å². The van der Waals surface area contributed by atoms with Gasteiger partial charge in [-0.1, -0.05) is 11.6 Å². The lowest BCUT2D eigenvalue weighted by molar-refractivity contribution is 0.102. The van der Waals surface area contributed by atoms with Gasteiger partial charge in [-0.2, -0.15) is 0 Å². The summed E-state index contributed by atoms with van der Waals surface area (Å²) in [5, 5.41) is 3.03. The third-order valence-corrected chi connectivity index (χ3v) is 3.61. The molecule has 24 heavy (non-hydrogen) atoms. The number of ether oxygens (including phenoxy) is 1. The summed E-state index contributed by atoms with van der Waals surface area (Å²) in [6.45, 7) is 0. The van der Waals surface area contributed by atoms with Gasteiger partial charge in [0.25, 0.3) is 5.91 Å². The average molecular weight is 348 g/mol. The fourth-order valence-corrected chi connectivity index (χ4v) is 2.40. The highest BCUT2D eigenvalue weighted by Crippen LogP contribution is 2.24. The highest BCUT2D eigenvalue weighted by atomic mass is 35.5. The number of rotatable bonds is 3. The summed E-state index contributed by atoms with van der Waals surface area (Å²) in [5.41, 5.74) is -0.474. The Morgan fingerprint density at radius 2 is 2.00 bits per heavy atom. The molecule has 3 aromatic rings. The molecule has 0 aliphatic rings. The standard InChI is InChI=1S/C17H11ClFNO4/c1-23-10-3-4-11-12(8-16(21)24-15(11)7-10)17(22)20-14-5-2-9(18)6-13(14)19/h2-8H,1H3,(H,20,22). The van der Waals surface area contributed by atoms with Crippen molar-refractivity contribution in [2.75, 3.05) is 12.4 Å². The summed E-state index contributed by atoms with van der Waals surface area (Å²) >= 11 is 5.68. The number of carbonyl (C=O) groups excluding carboxylic acids is 1. The minimum absolute atomic E-state index is 0.0423. The summed E-state index contributed by atoms with van der Waals surface area (Å²) in [6, 6.07) is 9.63. The summed E-state index contributed by atoms with van der Waals surface area (Å²) < 4.78 is 24.0. The first-order valence-electron chi connectivity index (χ1n) is 6.86. The highest BCUT2D eigenvalue weighted by Gasteiger charge is 2.15. The van der Waals surface area contributed by atoms with Gasteiger partial charge in [-0.15, -0.1) is 0 Å². The zero-order valence-electron chi connectivity index (χ0n) is 12.4. The van der Waals surface area contributed by atoms with Crippen LogP contribution in [0.5, 0.6) is 5.75 Å². The normalized spacial score (nSPS) is 10.6. The Kier molecular flexibility index (Phi) is 4.22. The third kappa shape index (κ3) is 3.09. The van der Waals surface area contributed by atoms with Crippen molar-refractivity contribution in [2.24, 2.45) is 0 Å². The number of hydrogen-bond donors (Lipinski definition) is 1. The van der Waals surface area contributed by atoms with Crippen molar-refractivity contribution in [2.45, 2.75) is 0 Å². The number of amides is 1.